The molecule has 0 atom stereocenters. The van der Waals surface area contributed by atoms with Crippen molar-refractivity contribution in [1.82, 2.24) is 9.88 Å². The van der Waals surface area contributed by atoms with Gasteiger partial charge < -0.3 is 24.3 Å². The lowest BCUT2D eigenvalue weighted by Gasteiger charge is -2.36. The molecule has 1 aromatic heterocycles. The smallest absolute Gasteiger partial charge is 0.260 e. The highest BCUT2D eigenvalue weighted by Crippen LogP contribution is 2.20. The molecule has 7 heteroatoms. The van der Waals surface area contributed by atoms with Gasteiger partial charge in [-0.25, -0.2) is 0 Å². The van der Waals surface area contributed by atoms with Crippen LogP contribution in [-0.2, 0) is 4.79 Å². The molecule has 0 saturated carbocycles. The van der Waals surface area contributed by atoms with Crippen LogP contribution in [0.1, 0.15) is 5.69 Å². The van der Waals surface area contributed by atoms with Gasteiger partial charge in [0, 0.05) is 44.1 Å². The predicted octanol–water partition coefficient (Wildman–Crippen LogP) is 1.42. The molecule has 2 heterocycles. The number of anilines is 1. The minimum absolute atomic E-state index is 0.109. The standard InChI is InChI=1S/C19H23N3O4/c1-14-19(17(23)7-8-20-14)26-13-18(24)22-11-9-21(10-12-22)15-3-5-16(25-2)6-4-15/h3-8H,9-13H2,1-2H3,(H,20,23). The molecule has 1 amide bonds. The SMILES string of the molecule is COc1ccc(N2CCN(C(=O)COc3c(C)[nH]ccc3=O)CC2)cc1. The van der Waals surface area contributed by atoms with Crippen molar-refractivity contribution in [1.29, 1.82) is 0 Å². The van der Waals surface area contributed by atoms with E-state index >= 15 is 0 Å². The summed E-state index contributed by atoms with van der Waals surface area (Å²) in [7, 11) is 1.65. The Balaban J connectivity index is 1.52. The summed E-state index contributed by atoms with van der Waals surface area (Å²) in [6.07, 6.45) is 1.56. The second kappa shape index (κ2) is 7.95. The Labute approximate surface area is 152 Å². The van der Waals surface area contributed by atoms with Gasteiger partial charge in [-0.05, 0) is 31.2 Å². The van der Waals surface area contributed by atoms with E-state index in [0.717, 1.165) is 24.5 Å². The maximum Gasteiger partial charge on any atom is 0.260 e. The minimum Gasteiger partial charge on any atom is -0.497 e. The van der Waals surface area contributed by atoms with Crippen LogP contribution in [0, 0.1) is 6.92 Å². The number of aromatic amines is 1. The first kappa shape index (κ1) is 17.8. The van der Waals surface area contributed by atoms with E-state index in [0.29, 0.717) is 18.8 Å². The molecule has 1 aliphatic rings. The van der Waals surface area contributed by atoms with E-state index < -0.39 is 0 Å². The zero-order valence-electron chi connectivity index (χ0n) is 15.0. The number of amides is 1. The van der Waals surface area contributed by atoms with Crippen molar-refractivity contribution in [2.75, 3.05) is 44.8 Å². The van der Waals surface area contributed by atoms with Gasteiger partial charge in [0.05, 0.1) is 12.8 Å². The topological polar surface area (TPSA) is 74.9 Å². The molecular formula is C19H23N3O4. The van der Waals surface area contributed by atoms with Crippen LogP contribution in [-0.4, -0.2) is 55.7 Å². The van der Waals surface area contributed by atoms with Gasteiger partial charge >= 0.3 is 0 Å². The number of nitrogens with one attached hydrogen (secondary N) is 1. The first-order chi connectivity index (χ1) is 12.6. The van der Waals surface area contributed by atoms with Gasteiger partial charge in [0.25, 0.3) is 5.91 Å². The number of methoxy groups -OCH3 is 1. The van der Waals surface area contributed by atoms with Crippen molar-refractivity contribution in [2.24, 2.45) is 0 Å². The van der Waals surface area contributed by atoms with Gasteiger partial charge in [-0.3, -0.25) is 9.59 Å². The Morgan fingerprint density at radius 1 is 1.12 bits per heavy atom. The molecule has 1 N–H and O–H groups in total. The molecule has 0 aliphatic carbocycles. The summed E-state index contributed by atoms with van der Waals surface area (Å²) in [5.41, 5.74) is 1.51. The summed E-state index contributed by atoms with van der Waals surface area (Å²) in [6, 6.07) is 9.29. The molecule has 1 fully saturated rings. The summed E-state index contributed by atoms with van der Waals surface area (Å²) in [5.74, 6) is 0.922. The molecule has 3 rings (SSSR count). The van der Waals surface area contributed by atoms with E-state index in [4.69, 9.17) is 9.47 Å². The summed E-state index contributed by atoms with van der Waals surface area (Å²) in [5, 5.41) is 0. The van der Waals surface area contributed by atoms with E-state index in [2.05, 4.69) is 9.88 Å². The third-order valence-electron chi connectivity index (χ3n) is 4.51. The average Bonchev–Trinajstić information content (AvgIpc) is 2.67. The highest BCUT2D eigenvalue weighted by molar-refractivity contribution is 5.78. The fourth-order valence-corrected chi connectivity index (χ4v) is 2.98. The zero-order valence-corrected chi connectivity index (χ0v) is 15.0. The minimum atomic E-state index is -0.224. The van der Waals surface area contributed by atoms with Crippen molar-refractivity contribution in [3.05, 3.63) is 52.4 Å². The molecule has 2 aromatic rings. The van der Waals surface area contributed by atoms with Crippen LogP contribution in [0.2, 0.25) is 0 Å². The number of hydrogen-bond acceptors (Lipinski definition) is 5. The second-order valence-electron chi connectivity index (χ2n) is 6.15. The highest BCUT2D eigenvalue weighted by atomic mass is 16.5. The van der Waals surface area contributed by atoms with Crippen molar-refractivity contribution in [3.8, 4) is 11.5 Å². The number of pyridine rings is 1. The van der Waals surface area contributed by atoms with Gasteiger partial charge in [0.2, 0.25) is 5.43 Å². The number of nitrogens with zero attached hydrogens (tertiary/aromatic N) is 2. The number of piperazine rings is 1. The molecule has 1 aliphatic heterocycles. The van der Waals surface area contributed by atoms with Crippen LogP contribution in [0.3, 0.4) is 0 Å². The molecule has 1 aromatic carbocycles. The van der Waals surface area contributed by atoms with Crippen LogP contribution >= 0.6 is 0 Å². The normalized spacial score (nSPS) is 14.2. The van der Waals surface area contributed by atoms with Crippen molar-refractivity contribution in [3.63, 3.8) is 0 Å². The van der Waals surface area contributed by atoms with Crippen molar-refractivity contribution < 1.29 is 14.3 Å². The summed E-state index contributed by atoms with van der Waals surface area (Å²) < 4.78 is 10.6. The van der Waals surface area contributed by atoms with E-state index in [-0.39, 0.29) is 23.7 Å². The third-order valence-corrected chi connectivity index (χ3v) is 4.51. The van der Waals surface area contributed by atoms with Gasteiger partial charge in [-0.15, -0.1) is 0 Å². The second-order valence-corrected chi connectivity index (χ2v) is 6.15. The van der Waals surface area contributed by atoms with Crippen LogP contribution in [0.4, 0.5) is 5.69 Å². The van der Waals surface area contributed by atoms with Crippen LogP contribution in [0.15, 0.2) is 41.3 Å². The highest BCUT2D eigenvalue weighted by Gasteiger charge is 2.22. The first-order valence-electron chi connectivity index (χ1n) is 8.56. The van der Waals surface area contributed by atoms with Gasteiger partial charge in [0.1, 0.15) is 5.75 Å². The van der Waals surface area contributed by atoms with Crippen LogP contribution in [0.5, 0.6) is 11.5 Å². The zero-order chi connectivity index (χ0) is 18.5. The summed E-state index contributed by atoms with van der Waals surface area (Å²) in [6.45, 7) is 4.37. The molecule has 138 valence electrons. The third kappa shape index (κ3) is 3.99. The molecule has 0 spiro atoms. The number of carbonyl (C=O) groups is 1. The number of aryl methyl sites for hydroxylation is 1. The molecule has 0 radical (unpaired) electrons. The number of hydrogen-bond donors (Lipinski definition) is 1. The Kier molecular flexibility index (Phi) is 5.46. The average molecular weight is 357 g/mol. The van der Waals surface area contributed by atoms with E-state index in [1.54, 1.807) is 25.1 Å². The van der Waals surface area contributed by atoms with Crippen molar-refractivity contribution in [2.45, 2.75) is 6.92 Å². The molecule has 0 unspecified atom stereocenters. The number of H-pyrrole nitrogens is 1. The van der Waals surface area contributed by atoms with Gasteiger partial charge in [-0.2, -0.15) is 0 Å². The van der Waals surface area contributed by atoms with Crippen LogP contribution in [0.25, 0.3) is 0 Å². The Morgan fingerprint density at radius 3 is 2.42 bits per heavy atom. The summed E-state index contributed by atoms with van der Waals surface area (Å²) in [4.78, 5) is 31.1. The summed E-state index contributed by atoms with van der Waals surface area (Å²) >= 11 is 0. The fourth-order valence-electron chi connectivity index (χ4n) is 2.98. The van der Waals surface area contributed by atoms with Crippen LogP contribution < -0.4 is 19.8 Å². The van der Waals surface area contributed by atoms with Gasteiger partial charge in [-0.1, -0.05) is 0 Å². The lowest BCUT2D eigenvalue weighted by atomic mass is 10.2. The quantitative estimate of drug-likeness (QED) is 0.876. The lowest BCUT2D eigenvalue weighted by molar-refractivity contribution is -0.133. The molecule has 1 saturated heterocycles. The number of aromatic nitrogens is 1. The maximum atomic E-state index is 12.4. The lowest BCUT2D eigenvalue weighted by Crippen LogP contribution is -2.50. The molecular weight excluding hydrogens is 334 g/mol. The molecule has 7 nitrogen and oxygen atoms in total. The number of ether oxygens (including phenoxy) is 2. The Morgan fingerprint density at radius 2 is 1.81 bits per heavy atom. The number of carbonyl (C=O) groups excluding carboxylic acids is 1. The maximum absolute atomic E-state index is 12.4. The molecule has 26 heavy (non-hydrogen) atoms. The predicted molar refractivity (Wildman–Crippen MR) is 99.1 cm³/mol. The monoisotopic (exact) mass is 357 g/mol. The van der Waals surface area contributed by atoms with Crippen molar-refractivity contribution >= 4 is 11.6 Å². The number of rotatable bonds is 5. The molecule has 0 bridgehead atoms. The van der Waals surface area contributed by atoms with E-state index in [9.17, 15) is 9.59 Å². The van der Waals surface area contributed by atoms with E-state index in [1.807, 2.05) is 24.3 Å². The largest absolute Gasteiger partial charge is 0.497 e. The Hall–Kier alpha value is -2.96. The number of benzene rings is 1. The fraction of sp³-hybridized carbons (Fsp3) is 0.368. The van der Waals surface area contributed by atoms with Gasteiger partial charge in [0.15, 0.2) is 12.4 Å². The first-order valence-corrected chi connectivity index (χ1v) is 8.56. The van der Waals surface area contributed by atoms with E-state index in [1.165, 1.54) is 6.07 Å². The Bertz CT molecular complexity index is 808.